The molecule has 2 aliphatic rings. The molecule has 0 aliphatic carbocycles. The van der Waals surface area contributed by atoms with Crippen molar-refractivity contribution in [2.45, 2.75) is 24.0 Å². The average Bonchev–Trinajstić information content (AvgIpc) is 2.88. The van der Waals surface area contributed by atoms with E-state index in [1.807, 2.05) is 0 Å². The zero-order valence-electron chi connectivity index (χ0n) is 10.6. The van der Waals surface area contributed by atoms with Crippen molar-refractivity contribution in [2.75, 3.05) is 11.4 Å². The first-order valence-electron chi connectivity index (χ1n) is 6.25. The summed E-state index contributed by atoms with van der Waals surface area (Å²) in [5, 5.41) is -0.299. The average molecular weight is 319 g/mol. The summed E-state index contributed by atoms with van der Waals surface area (Å²) in [5.74, 6) is -0.525. The molecule has 2 heterocycles. The number of urea groups is 1. The van der Waals surface area contributed by atoms with Gasteiger partial charge in [0.2, 0.25) is 0 Å². The molecule has 0 N–H and O–H groups in total. The molecule has 8 heteroatoms. The number of benzene rings is 1. The van der Waals surface area contributed by atoms with Crippen LogP contribution < -0.4 is 4.90 Å². The van der Waals surface area contributed by atoms with Gasteiger partial charge in [-0.1, -0.05) is 6.07 Å². The summed E-state index contributed by atoms with van der Waals surface area (Å²) in [6.45, 7) is 0.228. The molecule has 4 nitrogen and oxygen atoms in total. The van der Waals surface area contributed by atoms with Crippen LogP contribution in [0.2, 0.25) is 0 Å². The van der Waals surface area contributed by atoms with Crippen LogP contribution in [0.15, 0.2) is 24.3 Å². The van der Waals surface area contributed by atoms with Crippen molar-refractivity contribution in [2.24, 2.45) is 0 Å². The van der Waals surface area contributed by atoms with Gasteiger partial charge in [-0.05, 0) is 24.6 Å². The van der Waals surface area contributed by atoms with Crippen LogP contribution in [0.1, 0.15) is 12.0 Å². The van der Waals surface area contributed by atoms with E-state index in [1.54, 1.807) is 0 Å². The molecule has 0 spiro atoms. The lowest BCUT2D eigenvalue weighted by Crippen LogP contribution is -2.34. The smallest absolute Gasteiger partial charge is 0.310 e. The van der Waals surface area contributed by atoms with Crippen molar-refractivity contribution in [1.29, 1.82) is 0 Å². The lowest BCUT2D eigenvalue weighted by atomic mass is 10.1. The lowest BCUT2D eigenvalue weighted by Gasteiger charge is -2.17. The van der Waals surface area contributed by atoms with Crippen LogP contribution in [0.25, 0.3) is 0 Å². The van der Waals surface area contributed by atoms with Crippen molar-refractivity contribution in [3.05, 3.63) is 29.8 Å². The van der Waals surface area contributed by atoms with E-state index in [-0.39, 0.29) is 17.6 Å². The van der Waals surface area contributed by atoms with Gasteiger partial charge in [-0.3, -0.25) is 4.79 Å². The summed E-state index contributed by atoms with van der Waals surface area (Å²) < 4.78 is 38.1. The molecule has 21 heavy (non-hydrogen) atoms. The van der Waals surface area contributed by atoms with E-state index in [1.165, 1.54) is 17.0 Å². The van der Waals surface area contributed by atoms with E-state index in [0.29, 0.717) is 6.42 Å². The van der Waals surface area contributed by atoms with Gasteiger partial charge in [0.25, 0.3) is 5.91 Å². The van der Waals surface area contributed by atoms with Crippen LogP contribution in [-0.4, -0.2) is 34.8 Å². The van der Waals surface area contributed by atoms with E-state index < -0.39 is 29.7 Å². The molecule has 112 valence electrons. The number of imide groups is 1. The van der Waals surface area contributed by atoms with E-state index in [2.05, 4.69) is 0 Å². The van der Waals surface area contributed by atoms with Gasteiger partial charge in [0, 0.05) is 6.54 Å². The number of hydrogen-bond acceptors (Lipinski definition) is 2. The number of alkyl halides is 4. The van der Waals surface area contributed by atoms with Crippen LogP contribution >= 0.6 is 11.6 Å². The first-order valence-corrected chi connectivity index (χ1v) is 6.68. The first-order chi connectivity index (χ1) is 9.79. The van der Waals surface area contributed by atoms with Gasteiger partial charge in [0.05, 0.1) is 16.6 Å². The second kappa shape index (κ2) is 4.62. The molecule has 3 amide bonds. The molecule has 2 aliphatic heterocycles. The molecule has 2 unspecified atom stereocenters. The highest BCUT2D eigenvalue weighted by Gasteiger charge is 2.50. The summed E-state index contributed by atoms with van der Waals surface area (Å²) in [4.78, 5) is 26.5. The summed E-state index contributed by atoms with van der Waals surface area (Å²) >= 11 is 5.91. The molecule has 0 aromatic heterocycles. The zero-order valence-corrected chi connectivity index (χ0v) is 11.4. The van der Waals surface area contributed by atoms with Crippen LogP contribution in [-0.2, 0) is 11.0 Å². The quantitative estimate of drug-likeness (QED) is 0.590. The molecule has 1 aromatic rings. The van der Waals surface area contributed by atoms with Crippen molar-refractivity contribution in [1.82, 2.24) is 4.90 Å². The summed E-state index contributed by atoms with van der Waals surface area (Å²) in [6, 6.07) is 2.89. The molecular weight excluding hydrogens is 309 g/mol. The molecule has 1 aromatic carbocycles. The van der Waals surface area contributed by atoms with Gasteiger partial charge in [0.1, 0.15) is 6.04 Å². The predicted molar refractivity (Wildman–Crippen MR) is 69.1 cm³/mol. The van der Waals surface area contributed by atoms with Gasteiger partial charge in [0.15, 0.2) is 0 Å². The highest BCUT2D eigenvalue weighted by atomic mass is 35.5. The molecule has 3 rings (SSSR count). The summed E-state index contributed by atoms with van der Waals surface area (Å²) in [6.07, 6.45) is -4.21. The maximum Gasteiger partial charge on any atom is 0.416 e. The van der Waals surface area contributed by atoms with Gasteiger partial charge >= 0.3 is 12.2 Å². The fourth-order valence-electron chi connectivity index (χ4n) is 2.66. The number of amides is 3. The topological polar surface area (TPSA) is 40.6 Å². The highest BCUT2D eigenvalue weighted by Crippen LogP contribution is 2.36. The normalized spacial score (nSPS) is 25.7. The Hall–Kier alpha value is -1.76. The third-order valence-corrected chi connectivity index (χ3v) is 3.94. The van der Waals surface area contributed by atoms with Crippen LogP contribution in [0.5, 0.6) is 0 Å². The maximum absolute atomic E-state index is 12.7. The Balaban J connectivity index is 1.95. The van der Waals surface area contributed by atoms with Gasteiger partial charge in [-0.25, -0.2) is 9.69 Å². The van der Waals surface area contributed by atoms with E-state index in [9.17, 15) is 22.8 Å². The van der Waals surface area contributed by atoms with Crippen LogP contribution in [0.4, 0.5) is 23.7 Å². The predicted octanol–water partition coefficient (Wildman–Crippen LogP) is 2.85. The third kappa shape index (κ3) is 2.25. The first kappa shape index (κ1) is 14.2. The minimum absolute atomic E-state index is 0.0691. The van der Waals surface area contributed by atoms with E-state index >= 15 is 0 Å². The molecule has 2 saturated heterocycles. The second-order valence-electron chi connectivity index (χ2n) is 5.01. The Morgan fingerprint density at radius 2 is 1.95 bits per heavy atom. The number of carbonyl (C=O) groups is 2. The largest absolute Gasteiger partial charge is 0.416 e. The lowest BCUT2D eigenvalue weighted by molar-refractivity contribution is -0.137. The standard InChI is InChI=1S/C13H10ClF3N2O2/c14-8-5-10-11(20)19(12(21)18(10)6-8)9-3-1-2-7(4-9)13(15,16)17/h1-4,8,10H,5-6H2. The van der Waals surface area contributed by atoms with Gasteiger partial charge < -0.3 is 4.90 Å². The number of halogens is 4. The number of nitrogens with zero attached hydrogens (tertiary/aromatic N) is 2. The Morgan fingerprint density at radius 1 is 1.24 bits per heavy atom. The summed E-state index contributed by atoms with van der Waals surface area (Å²) in [7, 11) is 0. The number of rotatable bonds is 1. The minimum atomic E-state index is -4.53. The minimum Gasteiger partial charge on any atom is -0.310 e. The Kier molecular flexibility index (Phi) is 3.12. The van der Waals surface area contributed by atoms with Gasteiger partial charge in [-0.2, -0.15) is 13.2 Å². The summed E-state index contributed by atoms with van der Waals surface area (Å²) in [5.41, 5.74) is -0.969. The molecule has 0 saturated carbocycles. The van der Waals surface area contributed by atoms with E-state index in [4.69, 9.17) is 11.6 Å². The molecule has 2 atom stereocenters. The third-order valence-electron chi connectivity index (χ3n) is 3.62. The van der Waals surface area contributed by atoms with Crippen molar-refractivity contribution < 1.29 is 22.8 Å². The van der Waals surface area contributed by atoms with E-state index in [0.717, 1.165) is 17.0 Å². The molecule has 0 radical (unpaired) electrons. The van der Waals surface area contributed by atoms with Crippen molar-refractivity contribution in [3.63, 3.8) is 0 Å². The zero-order chi connectivity index (χ0) is 15.4. The van der Waals surface area contributed by atoms with Crippen molar-refractivity contribution in [3.8, 4) is 0 Å². The Bertz CT molecular complexity index is 596. The molecule has 2 fully saturated rings. The number of hydrogen-bond donors (Lipinski definition) is 0. The molecule has 0 bridgehead atoms. The fourth-order valence-corrected chi connectivity index (χ4v) is 2.98. The second-order valence-corrected chi connectivity index (χ2v) is 5.62. The molecular formula is C13H10ClF3N2O2. The highest BCUT2D eigenvalue weighted by molar-refractivity contribution is 6.25. The Morgan fingerprint density at radius 3 is 2.57 bits per heavy atom. The van der Waals surface area contributed by atoms with Crippen molar-refractivity contribution >= 4 is 29.2 Å². The number of fused-ring (bicyclic) bond motifs is 1. The van der Waals surface area contributed by atoms with Crippen LogP contribution in [0, 0.1) is 0 Å². The number of anilines is 1. The Labute approximate surface area is 123 Å². The van der Waals surface area contributed by atoms with Gasteiger partial charge in [-0.15, -0.1) is 11.6 Å². The fraction of sp³-hybridized carbons (Fsp3) is 0.385. The SMILES string of the molecule is O=C1C2CC(Cl)CN2C(=O)N1c1cccc(C(F)(F)F)c1. The monoisotopic (exact) mass is 318 g/mol. The maximum atomic E-state index is 12.7. The number of carbonyl (C=O) groups excluding carboxylic acids is 2. The van der Waals surface area contributed by atoms with Crippen LogP contribution in [0.3, 0.4) is 0 Å².